The van der Waals surface area contributed by atoms with E-state index in [1.54, 1.807) is 6.08 Å². The highest BCUT2D eigenvalue weighted by Crippen LogP contribution is 2.11. The summed E-state index contributed by atoms with van der Waals surface area (Å²) in [5, 5.41) is 12.0. The van der Waals surface area contributed by atoms with Crippen molar-refractivity contribution in [3.8, 4) is 0 Å². The van der Waals surface area contributed by atoms with Gasteiger partial charge in [0.1, 0.15) is 6.54 Å². The summed E-state index contributed by atoms with van der Waals surface area (Å²) in [5.41, 5.74) is 0. The number of hydrogen-bond donors (Lipinski definition) is 2. The van der Waals surface area contributed by atoms with Gasteiger partial charge in [-0.25, -0.2) is 0 Å². The first-order valence-corrected chi connectivity index (χ1v) is 6.70. The summed E-state index contributed by atoms with van der Waals surface area (Å²) in [6.07, 6.45) is 1.90. The molecular formula is C11H18N2O3S. The van der Waals surface area contributed by atoms with Crippen molar-refractivity contribution < 1.29 is 14.7 Å². The Labute approximate surface area is 105 Å². The molecular weight excluding hydrogens is 240 g/mol. The van der Waals surface area contributed by atoms with Gasteiger partial charge in [-0.1, -0.05) is 6.08 Å². The zero-order valence-corrected chi connectivity index (χ0v) is 10.5. The molecule has 0 saturated carbocycles. The maximum atomic E-state index is 11.9. The van der Waals surface area contributed by atoms with Crippen LogP contribution in [-0.2, 0) is 9.59 Å². The first kappa shape index (κ1) is 14.1. The Kier molecular flexibility index (Phi) is 6.07. The molecule has 1 heterocycles. The molecule has 0 radical (unpaired) electrons. The molecule has 1 atom stereocenters. The van der Waals surface area contributed by atoms with Gasteiger partial charge in [-0.2, -0.15) is 11.8 Å². The third-order valence-electron chi connectivity index (χ3n) is 2.45. The van der Waals surface area contributed by atoms with Crippen LogP contribution in [0.4, 0.5) is 0 Å². The fraction of sp³-hybridized carbons (Fsp3) is 0.636. The van der Waals surface area contributed by atoms with E-state index < -0.39 is 5.97 Å². The summed E-state index contributed by atoms with van der Waals surface area (Å²) in [4.78, 5) is 23.9. The number of nitrogens with one attached hydrogen (secondary N) is 1. The van der Waals surface area contributed by atoms with E-state index in [1.165, 1.54) is 4.90 Å². The quantitative estimate of drug-likeness (QED) is 0.665. The standard InChI is InChI=1S/C11H18N2O3S/c1-2-4-13(7-11(15)16)10(14)6-9-8-17-5-3-12-9/h2,9,12H,1,3-8H2,(H,15,16). The van der Waals surface area contributed by atoms with Crippen LogP contribution in [0.5, 0.6) is 0 Å². The van der Waals surface area contributed by atoms with E-state index in [4.69, 9.17) is 5.11 Å². The molecule has 0 spiro atoms. The van der Waals surface area contributed by atoms with Crippen molar-refractivity contribution in [3.05, 3.63) is 12.7 Å². The summed E-state index contributed by atoms with van der Waals surface area (Å²) in [6.45, 7) is 4.46. The second-order valence-corrected chi connectivity index (χ2v) is 5.04. The molecule has 1 aliphatic heterocycles. The SMILES string of the molecule is C=CCN(CC(=O)O)C(=O)CC1CSCCN1. The monoisotopic (exact) mass is 258 g/mol. The fourth-order valence-electron chi connectivity index (χ4n) is 1.66. The molecule has 1 unspecified atom stereocenters. The Morgan fingerprint density at radius 1 is 1.59 bits per heavy atom. The summed E-state index contributed by atoms with van der Waals surface area (Å²) >= 11 is 1.81. The smallest absolute Gasteiger partial charge is 0.323 e. The van der Waals surface area contributed by atoms with Gasteiger partial charge < -0.3 is 15.3 Å². The number of carboxylic acids is 1. The molecule has 0 bridgehead atoms. The average molecular weight is 258 g/mol. The predicted molar refractivity (Wildman–Crippen MR) is 68.1 cm³/mol. The van der Waals surface area contributed by atoms with Crippen molar-refractivity contribution in [1.29, 1.82) is 0 Å². The molecule has 0 aromatic heterocycles. The Morgan fingerprint density at radius 2 is 2.35 bits per heavy atom. The molecule has 0 aromatic carbocycles. The van der Waals surface area contributed by atoms with Gasteiger partial charge in [0.2, 0.25) is 5.91 Å². The van der Waals surface area contributed by atoms with Crippen molar-refractivity contribution in [2.75, 3.05) is 31.1 Å². The van der Waals surface area contributed by atoms with Crippen molar-refractivity contribution >= 4 is 23.6 Å². The number of carbonyl (C=O) groups excluding carboxylic acids is 1. The number of rotatable bonds is 6. The molecule has 17 heavy (non-hydrogen) atoms. The average Bonchev–Trinajstić information content (AvgIpc) is 2.29. The normalized spacial score (nSPS) is 19.6. The highest BCUT2D eigenvalue weighted by molar-refractivity contribution is 7.99. The number of thioether (sulfide) groups is 1. The zero-order valence-electron chi connectivity index (χ0n) is 9.72. The van der Waals surface area contributed by atoms with Crippen LogP contribution >= 0.6 is 11.8 Å². The first-order chi connectivity index (χ1) is 8.13. The lowest BCUT2D eigenvalue weighted by atomic mass is 10.2. The molecule has 1 saturated heterocycles. The van der Waals surface area contributed by atoms with E-state index in [0.717, 1.165) is 18.1 Å². The molecule has 5 nitrogen and oxygen atoms in total. The number of aliphatic carboxylic acids is 1. The maximum Gasteiger partial charge on any atom is 0.323 e. The van der Waals surface area contributed by atoms with Crippen LogP contribution in [0.2, 0.25) is 0 Å². The summed E-state index contributed by atoms with van der Waals surface area (Å²) < 4.78 is 0. The lowest BCUT2D eigenvalue weighted by Crippen LogP contribution is -2.43. The summed E-state index contributed by atoms with van der Waals surface area (Å²) in [7, 11) is 0. The van der Waals surface area contributed by atoms with Crippen molar-refractivity contribution in [2.45, 2.75) is 12.5 Å². The van der Waals surface area contributed by atoms with Gasteiger partial charge in [-0.3, -0.25) is 9.59 Å². The van der Waals surface area contributed by atoms with E-state index in [2.05, 4.69) is 11.9 Å². The lowest BCUT2D eigenvalue weighted by Gasteiger charge is -2.26. The van der Waals surface area contributed by atoms with Crippen LogP contribution in [0.1, 0.15) is 6.42 Å². The molecule has 2 N–H and O–H groups in total. The van der Waals surface area contributed by atoms with Gasteiger partial charge in [-0.15, -0.1) is 6.58 Å². The summed E-state index contributed by atoms with van der Waals surface area (Å²) in [6, 6.07) is 0.155. The minimum absolute atomic E-state index is 0.132. The van der Waals surface area contributed by atoms with E-state index in [1.807, 2.05) is 11.8 Å². The first-order valence-electron chi connectivity index (χ1n) is 5.55. The number of nitrogens with zero attached hydrogens (tertiary/aromatic N) is 1. The molecule has 0 aromatic rings. The Hall–Kier alpha value is -1.01. The van der Waals surface area contributed by atoms with Crippen molar-refractivity contribution in [3.63, 3.8) is 0 Å². The highest BCUT2D eigenvalue weighted by atomic mass is 32.2. The van der Waals surface area contributed by atoms with E-state index in [9.17, 15) is 9.59 Å². The van der Waals surface area contributed by atoms with E-state index >= 15 is 0 Å². The van der Waals surface area contributed by atoms with Crippen LogP contribution in [0.15, 0.2) is 12.7 Å². The summed E-state index contributed by atoms with van der Waals surface area (Å²) in [5.74, 6) is 0.843. The molecule has 1 amide bonds. The molecule has 0 aliphatic carbocycles. The Bertz CT molecular complexity index is 290. The van der Waals surface area contributed by atoms with Crippen LogP contribution < -0.4 is 5.32 Å². The zero-order chi connectivity index (χ0) is 12.7. The van der Waals surface area contributed by atoms with Crippen molar-refractivity contribution in [2.24, 2.45) is 0 Å². The molecule has 6 heteroatoms. The maximum absolute atomic E-state index is 11.9. The second kappa shape index (κ2) is 7.34. The van der Waals surface area contributed by atoms with Crippen LogP contribution in [-0.4, -0.2) is 59.1 Å². The third-order valence-corrected chi connectivity index (χ3v) is 3.58. The number of carbonyl (C=O) groups is 2. The predicted octanol–water partition coefficient (Wildman–Crippen LogP) is 0.181. The van der Waals surface area contributed by atoms with Gasteiger partial charge >= 0.3 is 5.97 Å². The molecule has 96 valence electrons. The minimum atomic E-state index is -0.994. The molecule has 1 rings (SSSR count). The largest absolute Gasteiger partial charge is 0.480 e. The van der Waals surface area contributed by atoms with Gasteiger partial charge in [0, 0.05) is 37.1 Å². The Balaban J connectivity index is 2.45. The fourth-order valence-corrected chi connectivity index (χ4v) is 2.61. The topological polar surface area (TPSA) is 69.6 Å². The number of hydrogen-bond acceptors (Lipinski definition) is 4. The van der Waals surface area contributed by atoms with Gasteiger partial charge in [-0.05, 0) is 0 Å². The number of amides is 1. The molecule has 1 fully saturated rings. The van der Waals surface area contributed by atoms with Gasteiger partial charge in [0.05, 0.1) is 0 Å². The number of carboxylic acid groups (broad SMARTS) is 1. The second-order valence-electron chi connectivity index (χ2n) is 3.89. The van der Waals surface area contributed by atoms with Gasteiger partial charge in [0.15, 0.2) is 0 Å². The lowest BCUT2D eigenvalue weighted by molar-refractivity contribution is -0.144. The van der Waals surface area contributed by atoms with Gasteiger partial charge in [0.25, 0.3) is 0 Å². The van der Waals surface area contributed by atoms with Crippen molar-refractivity contribution in [1.82, 2.24) is 10.2 Å². The Morgan fingerprint density at radius 3 is 2.88 bits per heavy atom. The van der Waals surface area contributed by atoms with Crippen LogP contribution in [0.3, 0.4) is 0 Å². The minimum Gasteiger partial charge on any atom is -0.480 e. The van der Waals surface area contributed by atoms with Crippen LogP contribution in [0.25, 0.3) is 0 Å². The highest BCUT2D eigenvalue weighted by Gasteiger charge is 2.21. The molecule has 1 aliphatic rings. The van der Waals surface area contributed by atoms with E-state index in [0.29, 0.717) is 6.42 Å². The van der Waals surface area contributed by atoms with E-state index in [-0.39, 0.29) is 25.0 Å². The third kappa shape index (κ3) is 5.23. The van der Waals surface area contributed by atoms with Crippen LogP contribution in [0, 0.1) is 0 Å².